The highest BCUT2D eigenvalue weighted by Gasteiger charge is 2.59. The van der Waals surface area contributed by atoms with E-state index in [1.165, 1.54) is 31.3 Å². The van der Waals surface area contributed by atoms with E-state index in [4.69, 9.17) is 17.5 Å². The molecule has 2 aromatic carbocycles. The molecular weight excluding hydrogens is 484 g/mol. The molecule has 0 bridgehead atoms. The topological polar surface area (TPSA) is 76.4 Å². The molecule has 0 aromatic heterocycles. The Labute approximate surface area is 204 Å². The Morgan fingerprint density at radius 1 is 1.20 bits per heavy atom. The van der Waals surface area contributed by atoms with Gasteiger partial charge in [-0.2, -0.15) is 18.4 Å². The van der Waals surface area contributed by atoms with Gasteiger partial charge in [-0.25, -0.2) is 4.39 Å². The van der Waals surface area contributed by atoms with E-state index in [0.717, 1.165) is 17.0 Å². The number of carbonyl (C=O) groups excluding carboxylic acids is 2. The molecule has 1 saturated heterocycles. The monoisotopic (exact) mass is 504 g/mol. The van der Waals surface area contributed by atoms with Crippen LogP contribution in [0.4, 0.5) is 23.2 Å². The number of benzene rings is 2. The smallest absolute Gasteiger partial charge is 0.355 e. The highest BCUT2D eigenvalue weighted by molar-refractivity contribution is 7.80. The molecule has 1 spiro atoms. The van der Waals surface area contributed by atoms with Gasteiger partial charge in [0.2, 0.25) is 0 Å². The molecule has 0 unspecified atom stereocenters. The Kier molecular flexibility index (Phi) is 5.84. The summed E-state index contributed by atoms with van der Waals surface area (Å²) in [6, 6.07) is 6.83. The normalized spacial score (nSPS) is 19.5. The van der Waals surface area contributed by atoms with Crippen molar-refractivity contribution < 1.29 is 27.2 Å². The average Bonchev–Trinajstić information content (AvgIpc) is 3.25. The number of nitriles is 1. The van der Waals surface area contributed by atoms with Crippen LogP contribution in [0.3, 0.4) is 0 Å². The number of fused-ring (bicyclic) bond motifs is 1. The molecule has 2 aromatic rings. The van der Waals surface area contributed by atoms with Crippen LogP contribution < -0.4 is 10.2 Å². The zero-order chi connectivity index (χ0) is 25.9. The van der Waals surface area contributed by atoms with Gasteiger partial charge in [-0.3, -0.25) is 14.5 Å². The number of hydrogen-bond acceptors (Lipinski definition) is 4. The summed E-state index contributed by atoms with van der Waals surface area (Å²) in [6.07, 6.45) is -4.63. The predicted molar refractivity (Wildman–Crippen MR) is 123 cm³/mol. The number of rotatable bonds is 3. The highest BCUT2D eigenvalue weighted by atomic mass is 32.1. The molecule has 1 aliphatic heterocycles. The van der Waals surface area contributed by atoms with Crippen LogP contribution >= 0.6 is 12.2 Å². The van der Waals surface area contributed by atoms with Crippen LogP contribution in [0, 0.1) is 17.1 Å². The first-order valence-corrected chi connectivity index (χ1v) is 11.1. The van der Waals surface area contributed by atoms with Crippen LogP contribution in [-0.4, -0.2) is 40.5 Å². The summed E-state index contributed by atoms with van der Waals surface area (Å²) in [5.41, 5.74) is -2.18. The molecule has 11 heteroatoms. The molecule has 1 heterocycles. The van der Waals surface area contributed by atoms with Crippen LogP contribution in [0.5, 0.6) is 0 Å². The average molecular weight is 505 g/mol. The van der Waals surface area contributed by atoms with E-state index in [1.807, 2.05) is 0 Å². The van der Waals surface area contributed by atoms with E-state index in [9.17, 15) is 27.2 Å². The number of halogens is 4. The van der Waals surface area contributed by atoms with Gasteiger partial charge in [0.25, 0.3) is 11.8 Å². The number of alkyl halides is 3. The summed E-state index contributed by atoms with van der Waals surface area (Å²) < 4.78 is 55.4. The number of amides is 2. The second kappa shape index (κ2) is 8.30. The summed E-state index contributed by atoms with van der Waals surface area (Å²) in [6.45, 7) is 3.59. The molecule has 6 nitrogen and oxygen atoms in total. The first-order valence-electron chi connectivity index (χ1n) is 10.7. The summed E-state index contributed by atoms with van der Waals surface area (Å²) >= 11 is 5.57. The fourth-order valence-electron chi connectivity index (χ4n) is 4.95. The van der Waals surface area contributed by atoms with Crippen molar-refractivity contribution in [2.75, 3.05) is 11.9 Å². The highest BCUT2D eigenvalue weighted by Crippen LogP contribution is 2.45. The minimum atomic E-state index is -4.81. The molecule has 1 fully saturated rings. The Morgan fingerprint density at radius 2 is 1.83 bits per heavy atom. The van der Waals surface area contributed by atoms with Crippen molar-refractivity contribution in [3.63, 3.8) is 0 Å². The molecule has 35 heavy (non-hydrogen) atoms. The quantitative estimate of drug-likeness (QED) is 0.506. The van der Waals surface area contributed by atoms with Gasteiger partial charge in [-0.05, 0) is 67.5 Å². The standard InChI is InChI=1S/C24H20F4N4O2S/c1-12(2)32-22(35)31(16-5-4-13(11-29)18(8-16)24(26,27)28)21(34)23(32)9-14-6-17(20(33)30-3)19(25)7-15(14)10-23/h4-8,12H,9-10H2,1-3H3,(H,30,33)/t23-/m1/s1. The first-order chi connectivity index (χ1) is 16.4. The number of hydrogen-bond donors (Lipinski definition) is 1. The van der Waals surface area contributed by atoms with E-state index in [0.29, 0.717) is 11.1 Å². The zero-order valence-corrected chi connectivity index (χ0v) is 19.8. The molecule has 1 aliphatic carbocycles. The Hall–Kier alpha value is -3.52. The summed E-state index contributed by atoms with van der Waals surface area (Å²) in [5.74, 6) is -1.89. The van der Waals surface area contributed by atoms with Gasteiger partial charge in [0, 0.05) is 25.9 Å². The SMILES string of the molecule is CNC(=O)c1cc2c(cc1F)C[C@]1(C2)C(=O)N(c2ccc(C#N)c(C(F)(F)F)c2)C(=S)N1C(C)C. The third-order valence-corrected chi connectivity index (χ3v) is 6.77. The molecule has 4 rings (SSSR count). The van der Waals surface area contributed by atoms with Crippen LogP contribution in [-0.2, 0) is 23.8 Å². The van der Waals surface area contributed by atoms with E-state index in [-0.39, 0.29) is 35.2 Å². The minimum Gasteiger partial charge on any atom is -0.355 e. The largest absolute Gasteiger partial charge is 0.417 e. The van der Waals surface area contributed by atoms with Crippen molar-refractivity contribution in [2.45, 2.75) is 44.4 Å². The summed E-state index contributed by atoms with van der Waals surface area (Å²) in [4.78, 5) is 28.7. The van der Waals surface area contributed by atoms with Crippen LogP contribution in [0.25, 0.3) is 0 Å². The first kappa shape index (κ1) is 24.6. The van der Waals surface area contributed by atoms with Crippen LogP contribution in [0.1, 0.15) is 46.5 Å². The van der Waals surface area contributed by atoms with Gasteiger partial charge < -0.3 is 10.2 Å². The molecule has 0 saturated carbocycles. The van der Waals surface area contributed by atoms with Gasteiger partial charge in [0.15, 0.2) is 5.11 Å². The van der Waals surface area contributed by atoms with Crippen molar-refractivity contribution in [2.24, 2.45) is 0 Å². The van der Waals surface area contributed by atoms with Crippen molar-refractivity contribution in [1.29, 1.82) is 5.26 Å². The van der Waals surface area contributed by atoms with Crippen molar-refractivity contribution in [1.82, 2.24) is 10.2 Å². The fourth-order valence-corrected chi connectivity index (χ4v) is 5.52. The van der Waals surface area contributed by atoms with Gasteiger partial charge in [0.05, 0.1) is 28.4 Å². The number of carbonyl (C=O) groups is 2. The van der Waals surface area contributed by atoms with Gasteiger partial charge in [0.1, 0.15) is 11.4 Å². The van der Waals surface area contributed by atoms with E-state index < -0.39 is 40.5 Å². The lowest BCUT2D eigenvalue weighted by molar-refractivity contribution is -0.137. The second-order valence-corrected chi connectivity index (χ2v) is 9.16. The maximum atomic E-state index is 14.6. The van der Waals surface area contributed by atoms with Gasteiger partial charge in [-0.15, -0.1) is 0 Å². The zero-order valence-electron chi connectivity index (χ0n) is 19.0. The molecule has 182 valence electrons. The molecular formula is C24H20F4N4O2S. The lowest BCUT2D eigenvalue weighted by atomic mass is 9.92. The third kappa shape index (κ3) is 3.72. The summed E-state index contributed by atoms with van der Waals surface area (Å²) in [5, 5.41) is 11.5. The Balaban J connectivity index is 1.82. The molecule has 2 amide bonds. The molecule has 1 atom stereocenters. The maximum absolute atomic E-state index is 14.6. The van der Waals surface area contributed by atoms with Gasteiger partial charge in [-0.1, -0.05) is 0 Å². The summed E-state index contributed by atoms with van der Waals surface area (Å²) in [7, 11) is 1.38. The molecule has 2 aliphatic rings. The fraction of sp³-hybridized carbons (Fsp3) is 0.333. The van der Waals surface area contributed by atoms with E-state index in [2.05, 4.69) is 5.32 Å². The second-order valence-electron chi connectivity index (χ2n) is 8.79. The minimum absolute atomic E-state index is 0.0163. The van der Waals surface area contributed by atoms with Crippen molar-refractivity contribution in [3.8, 4) is 6.07 Å². The van der Waals surface area contributed by atoms with Gasteiger partial charge >= 0.3 is 6.18 Å². The van der Waals surface area contributed by atoms with Crippen molar-refractivity contribution >= 4 is 34.8 Å². The van der Waals surface area contributed by atoms with E-state index >= 15 is 0 Å². The molecule has 0 radical (unpaired) electrons. The van der Waals surface area contributed by atoms with E-state index in [1.54, 1.807) is 18.7 Å². The van der Waals surface area contributed by atoms with Crippen molar-refractivity contribution in [3.05, 3.63) is 64.0 Å². The number of nitrogens with zero attached hydrogens (tertiary/aromatic N) is 3. The number of anilines is 1. The van der Waals surface area contributed by atoms with Crippen LogP contribution in [0.15, 0.2) is 30.3 Å². The lowest BCUT2D eigenvalue weighted by Crippen LogP contribution is -2.53. The molecule has 1 N–H and O–H groups in total. The Morgan fingerprint density at radius 3 is 2.37 bits per heavy atom. The van der Waals surface area contributed by atoms with Crippen LogP contribution in [0.2, 0.25) is 0 Å². The number of nitrogens with one attached hydrogen (secondary N) is 1. The third-order valence-electron chi connectivity index (χ3n) is 6.39. The maximum Gasteiger partial charge on any atom is 0.417 e. The predicted octanol–water partition coefficient (Wildman–Crippen LogP) is 3.96. The lowest BCUT2D eigenvalue weighted by Gasteiger charge is -2.36. The number of thiocarbonyl (C=S) groups is 1. The Bertz CT molecular complexity index is 1320.